The van der Waals surface area contributed by atoms with Crippen LogP contribution < -0.4 is 5.32 Å². The van der Waals surface area contributed by atoms with Crippen LogP contribution >= 0.6 is 0 Å². The average molecular weight is 482 g/mol. The number of amides is 2. The van der Waals surface area contributed by atoms with E-state index in [0.717, 1.165) is 24.8 Å². The Morgan fingerprint density at radius 1 is 1.06 bits per heavy atom. The lowest BCUT2D eigenvalue weighted by Crippen LogP contribution is -2.35. The molecule has 2 aliphatic rings. The third-order valence-electron chi connectivity index (χ3n) is 6.91. The minimum absolute atomic E-state index is 0.0783. The van der Waals surface area contributed by atoms with Crippen molar-refractivity contribution in [1.29, 1.82) is 0 Å². The van der Waals surface area contributed by atoms with Gasteiger partial charge in [0.25, 0.3) is 5.91 Å². The lowest BCUT2D eigenvalue weighted by Gasteiger charge is -2.20. The van der Waals surface area contributed by atoms with Gasteiger partial charge in [0.15, 0.2) is 0 Å². The van der Waals surface area contributed by atoms with E-state index >= 15 is 0 Å². The maximum absolute atomic E-state index is 13.2. The third-order valence-corrected chi connectivity index (χ3v) is 8.76. The lowest BCUT2D eigenvalue weighted by molar-refractivity contribution is -0.117. The molecule has 0 spiro atoms. The second-order valence-corrected chi connectivity index (χ2v) is 11.1. The zero-order valence-corrected chi connectivity index (χ0v) is 20.2. The molecule has 2 atom stereocenters. The van der Waals surface area contributed by atoms with Crippen molar-refractivity contribution in [2.45, 2.75) is 30.2 Å². The number of sulfonamides is 1. The van der Waals surface area contributed by atoms with Gasteiger partial charge in [0.05, 0.1) is 4.90 Å². The highest BCUT2D eigenvalue weighted by Gasteiger charge is 2.45. The molecule has 2 fully saturated rings. The Morgan fingerprint density at radius 3 is 2.26 bits per heavy atom. The van der Waals surface area contributed by atoms with Crippen LogP contribution in [-0.4, -0.2) is 62.2 Å². The summed E-state index contributed by atoms with van der Waals surface area (Å²) in [6.45, 7) is 4.96. The number of nitrogens with zero attached hydrogens (tertiary/aromatic N) is 2. The van der Waals surface area contributed by atoms with Crippen LogP contribution in [0.2, 0.25) is 0 Å². The Hall–Kier alpha value is -2.97. The standard InChI is InChI=1S/C26H31N3O4S/c1-3-25(30)27-23-15-21-17-29(18-22(21)16-23)34(32,33)24-11-9-20(10-12-24)26(31)28(2)14-13-19-7-5-4-6-8-19/h3-12,21-23H,1,13-18H2,2H3,(H,27,30). The summed E-state index contributed by atoms with van der Waals surface area (Å²) in [5.41, 5.74) is 1.63. The molecule has 0 aromatic heterocycles. The first-order valence-electron chi connectivity index (χ1n) is 11.6. The van der Waals surface area contributed by atoms with Crippen molar-refractivity contribution in [2.75, 3.05) is 26.7 Å². The monoisotopic (exact) mass is 481 g/mol. The first-order chi connectivity index (χ1) is 16.3. The highest BCUT2D eigenvalue weighted by atomic mass is 32.2. The van der Waals surface area contributed by atoms with E-state index in [9.17, 15) is 18.0 Å². The fourth-order valence-corrected chi connectivity index (χ4v) is 6.57. The number of hydrogen-bond acceptors (Lipinski definition) is 4. The molecule has 1 saturated carbocycles. The van der Waals surface area contributed by atoms with Crippen LogP contribution in [0, 0.1) is 11.8 Å². The molecule has 34 heavy (non-hydrogen) atoms. The molecule has 8 heteroatoms. The van der Waals surface area contributed by atoms with E-state index in [1.54, 1.807) is 24.1 Å². The van der Waals surface area contributed by atoms with Gasteiger partial charge in [0, 0.05) is 38.3 Å². The Labute approximate surface area is 201 Å². The van der Waals surface area contributed by atoms with Crippen molar-refractivity contribution in [3.05, 3.63) is 78.4 Å². The summed E-state index contributed by atoms with van der Waals surface area (Å²) in [6, 6.07) is 16.3. The first-order valence-corrected chi connectivity index (χ1v) is 13.0. The number of hydrogen-bond donors (Lipinski definition) is 1. The normalized spacial score (nSPS) is 22.2. The second kappa shape index (κ2) is 10.1. The predicted molar refractivity (Wildman–Crippen MR) is 131 cm³/mol. The van der Waals surface area contributed by atoms with Gasteiger partial charge in [-0.2, -0.15) is 4.31 Å². The van der Waals surface area contributed by atoms with Gasteiger partial charge in [-0.3, -0.25) is 9.59 Å². The van der Waals surface area contributed by atoms with Crippen molar-refractivity contribution < 1.29 is 18.0 Å². The molecule has 0 radical (unpaired) electrons. The fraction of sp³-hybridized carbons (Fsp3) is 0.385. The van der Waals surface area contributed by atoms with E-state index in [1.165, 1.54) is 22.5 Å². The first kappa shape index (κ1) is 24.2. The fourth-order valence-electron chi connectivity index (χ4n) is 5.01. The second-order valence-electron chi connectivity index (χ2n) is 9.21. The molecule has 180 valence electrons. The number of benzene rings is 2. The largest absolute Gasteiger partial charge is 0.350 e. The highest BCUT2D eigenvalue weighted by Crippen LogP contribution is 2.40. The van der Waals surface area contributed by atoms with Crippen molar-refractivity contribution in [2.24, 2.45) is 11.8 Å². The molecule has 1 saturated heterocycles. The van der Waals surface area contributed by atoms with Crippen molar-refractivity contribution in [3.8, 4) is 0 Å². The van der Waals surface area contributed by atoms with Gasteiger partial charge in [-0.1, -0.05) is 36.9 Å². The highest BCUT2D eigenvalue weighted by molar-refractivity contribution is 7.89. The van der Waals surface area contributed by atoms with Crippen molar-refractivity contribution in [1.82, 2.24) is 14.5 Å². The number of carbonyl (C=O) groups excluding carboxylic acids is 2. The Balaban J connectivity index is 1.34. The predicted octanol–water partition coefficient (Wildman–Crippen LogP) is 2.70. The Bertz CT molecular complexity index is 1130. The molecule has 2 amide bonds. The van der Waals surface area contributed by atoms with Gasteiger partial charge in [0.1, 0.15) is 0 Å². The summed E-state index contributed by atoms with van der Waals surface area (Å²) in [7, 11) is -1.88. The van der Waals surface area contributed by atoms with Crippen LogP contribution in [0.15, 0.2) is 72.1 Å². The zero-order chi connectivity index (χ0) is 24.3. The van der Waals surface area contributed by atoms with Gasteiger partial charge in [-0.15, -0.1) is 0 Å². The molecular formula is C26H31N3O4S. The summed E-state index contributed by atoms with van der Waals surface area (Å²) < 4.78 is 27.9. The van der Waals surface area contributed by atoms with E-state index < -0.39 is 10.0 Å². The third kappa shape index (κ3) is 5.23. The van der Waals surface area contributed by atoms with Gasteiger partial charge in [-0.25, -0.2) is 8.42 Å². The average Bonchev–Trinajstić information content (AvgIpc) is 3.42. The number of carbonyl (C=O) groups is 2. The van der Waals surface area contributed by atoms with Crippen LogP contribution in [0.1, 0.15) is 28.8 Å². The van der Waals surface area contributed by atoms with Crippen molar-refractivity contribution >= 4 is 21.8 Å². The number of fused-ring (bicyclic) bond motifs is 1. The van der Waals surface area contributed by atoms with Crippen LogP contribution in [-0.2, 0) is 21.2 Å². The van der Waals surface area contributed by atoms with Crippen LogP contribution in [0.3, 0.4) is 0 Å². The molecule has 2 unspecified atom stereocenters. The summed E-state index contributed by atoms with van der Waals surface area (Å²) in [5.74, 6) is 0.158. The molecule has 0 bridgehead atoms. The molecule has 7 nitrogen and oxygen atoms in total. The minimum Gasteiger partial charge on any atom is -0.350 e. The van der Waals surface area contributed by atoms with Gasteiger partial charge < -0.3 is 10.2 Å². The lowest BCUT2D eigenvalue weighted by atomic mass is 10.0. The number of rotatable bonds is 8. The summed E-state index contributed by atoms with van der Waals surface area (Å²) in [4.78, 5) is 26.2. The maximum Gasteiger partial charge on any atom is 0.253 e. The summed E-state index contributed by atoms with van der Waals surface area (Å²) in [6.07, 6.45) is 3.57. The number of likely N-dealkylation sites (N-methyl/N-ethyl adjacent to an activating group) is 1. The minimum atomic E-state index is -3.63. The summed E-state index contributed by atoms with van der Waals surface area (Å²) in [5, 5.41) is 2.93. The molecule has 1 aliphatic heterocycles. The van der Waals surface area contributed by atoms with Gasteiger partial charge >= 0.3 is 0 Å². The summed E-state index contributed by atoms with van der Waals surface area (Å²) >= 11 is 0. The Kier molecular flexibility index (Phi) is 7.19. The molecule has 4 rings (SSSR count). The van der Waals surface area contributed by atoms with E-state index in [-0.39, 0.29) is 34.6 Å². The van der Waals surface area contributed by atoms with Crippen LogP contribution in [0.5, 0.6) is 0 Å². The van der Waals surface area contributed by atoms with E-state index in [1.807, 2.05) is 30.3 Å². The van der Waals surface area contributed by atoms with E-state index in [2.05, 4.69) is 11.9 Å². The van der Waals surface area contributed by atoms with E-state index in [0.29, 0.717) is 25.2 Å². The van der Waals surface area contributed by atoms with Crippen molar-refractivity contribution in [3.63, 3.8) is 0 Å². The topological polar surface area (TPSA) is 86.8 Å². The molecular weight excluding hydrogens is 450 g/mol. The zero-order valence-electron chi connectivity index (χ0n) is 19.4. The SMILES string of the molecule is C=CC(=O)NC1CC2CN(S(=O)(=O)c3ccc(C(=O)N(C)CCc4ccccc4)cc3)CC2C1. The quantitative estimate of drug-likeness (QED) is 0.588. The van der Waals surface area contributed by atoms with Gasteiger partial charge in [0.2, 0.25) is 15.9 Å². The van der Waals surface area contributed by atoms with Gasteiger partial charge in [-0.05, 0) is 67.0 Å². The molecule has 2 aromatic carbocycles. The number of nitrogens with one attached hydrogen (secondary N) is 1. The molecule has 1 heterocycles. The maximum atomic E-state index is 13.2. The molecule has 1 aliphatic carbocycles. The molecule has 1 N–H and O–H groups in total. The van der Waals surface area contributed by atoms with Crippen LogP contribution in [0.4, 0.5) is 0 Å². The Morgan fingerprint density at radius 2 is 1.68 bits per heavy atom. The van der Waals surface area contributed by atoms with E-state index in [4.69, 9.17) is 0 Å². The molecule has 2 aromatic rings. The smallest absolute Gasteiger partial charge is 0.253 e. The van der Waals surface area contributed by atoms with Crippen LogP contribution in [0.25, 0.3) is 0 Å².